The summed E-state index contributed by atoms with van der Waals surface area (Å²) in [5.41, 5.74) is 3.46. The van der Waals surface area contributed by atoms with E-state index < -0.39 is 10.1 Å². The number of aryl methyl sites for hydroxylation is 3. The van der Waals surface area contributed by atoms with Crippen molar-refractivity contribution in [3.63, 3.8) is 0 Å². The Balaban J connectivity index is 1.92. The normalized spacial score (nSPS) is 14.0. The van der Waals surface area contributed by atoms with Gasteiger partial charge in [-0.2, -0.15) is 8.42 Å². The van der Waals surface area contributed by atoms with Crippen molar-refractivity contribution in [3.8, 4) is 5.75 Å². The SMILES string of the molecule is Cc1ccc(S(=O)(=O)Oc2ccc3c(c2)CCC3)c(Br)c1. The number of hydrogen-bond acceptors (Lipinski definition) is 3. The lowest BCUT2D eigenvalue weighted by Crippen LogP contribution is -2.10. The fourth-order valence-corrected chi connectivity index (χ4v) is 4.65. The molecule has 5 heteroatoms. The molecule has 0 spiro atoms. The smallest absolute Gasteiger partial charge is 0.340 e. The van der Waals surface area contributed by atoms with Gasteiger partial charge in [0.2, 0.25) is 0 Å². The van der Waals surface area contributed by atoms with E-state index in [4.69, 9.17) is 4.18 Å². The molecule has 3 rings (SSSR count). The third-order valence-corrected chi connectivity index (χ3v) is 5.86. The predicted molar refractivity (Wildman–Crippen MR) is 85.2 cm³/mol. The molecule has 1 aliphatic rings. The predicted octanol–water partition coefficient (Wildman–Crippen LogP) is 4.01. The summed E-state index contributed by atoms with van der Waals surface area (Å²) in [5, 5.41) is 0. The van der Waals surface area contributed by atoms with Crippen molar-refractivity contribution >= 4 is 26.0 Å². The number of halogens is 1. The molecule has 110 valence electrons. The highest BCUT2D eigenvalue weighted by molar-refractivity contribution is 9.10. The standard InChI is InChI=1S/C16H15BrO3S/c1-11-5-8-16(15(17)9-11)21(18,19)20-14-7-6-12-3-2-4-13(12)10-14/h5-10H,2-4H2,1H3. The summed E-state index contributed by atoms with van der Waals surface area (Å²) < 4.78 is 30.6. The van der Waals surface area contributed by atoms with E-state index in [0.717, 1.165) is 24.8 Å². The molecule has 0 bridgehead atoms. The van der Waals surface area contributed by atoms with Crippen LogP contribution in [0, 0.1) is 6.92 Å². The summed E-state index contributed by atoms with van der Waals surface area (Å²) >= 11 is 3.29. The van der Waals surface area contributed by atoms with Crippen molar-refractivity contribution < 1.29 is 12.6 Å². The van der Waals surface area contributed by atoms with Gasteiger partial charge in [0, 0.05) is 4.47 Å². The molecule has 0 atom stereocenters. The number of fused-ring (bicyclic) bond motifs is 1. The first-order valence-corrected chi connectivity index (χ1v) is 8.98. The third-order valence-electron chi connectivity index (χ3n) is 3.63. The molecule has 0 saturated carbocycles. The second-order valence-corrected chi connectivity index (χ2v) is 7.62. The van der Waals surface area contributed by atoms with Crippen LogP contribution in [0.4, 0.5) is 0 Å². The second-order valence-electron chi connectivity index (χ2n) is 5.26. The maximum Gasteiger partial charge on any atom is 0.340 e. The van der Waals surface area contributed by atoms with Crippen LogP contribution in [-0.4, -0.2) is 8.42 Å². The Bertz CT molecular complexity index is 797. The summed E-state index contributed by atoms with van der Waals surface area (Å²) in [6.45, 7) is 1.91. The Kier molecular flexibility index (Phi) is 3.80. The maximum absolute atomic E-state index is 12.4. The van der Waals surface area contributed by atoms with E-state index >= 15 is 0 Å². The van der Waals surface area contributed by atoms with E-state index in [0.29, 0.717) is 10.2 Å². The number of rotatable bonds is 3. The van der Waals surface area contributed by atoms with Crippen molar-refractivity contribution in [1.82, 2.24) is 0 Å². The molecule has 0 aromatic heterocycles. The Morgan fingerprint density at radius 2 is 1.81 bits per heavy atom. The highest BCUT2D eigenvalue weighted by Gasteiger charge is 2.21. The molecule has 0 radical (unpaired) electrons. The van der Waals surface area contributed by atoms with E-state index in [-0.39, 0.29) is 4.90 Å². The Morgan fingerprint density at radius 1 is 1.05 bits per heavy atom. The molecule has 0 saturated heterocycles. The van der Waals surface area contributed by atoms with Crippen molar-refractivity contribution in [1.29, 1.82) is 0 Å². The van der Waals surface area contributed by atoms with E-state index in [1.54, 1.807) is 24.3 Å². The fourth-order valence-electron chi connectivity index (χ4n) is 2.58. The van der Waals surface area contributed by atoms with E-state index in [1.165, 1.54) is 11.1 Å². The average molecular weight is 367 g/mol. The van der Waals surface area contributed by atoms with Crippen LogP contribution in [0.5, 0.6) is 5.75 Å². The van der Waals surface area contributed by atoms with Crippen LogP contribution in [-0.2, 0) is 23.0 Å². The Labute approximate surface area is 133 Å². The van der Waals surface area contributed by atoms with Gasteiger partial charge in [0.25, 0.3) is 0 Å². The van der Waals surface area contributed by atoms with Crippen molar-refractivity contribution in [2.24, 2.45) is 0 Å². The summed E-state index contributed by atoms with van der Waals surface area (Å²) in [4.78, 5) is 0.147. The molecule has 0 aliphatic heterocycles. The van der Waals surface area contributed by atoms with Gasteiger partial charge >= 0.3 is 10.1 Å². The molecule has 2 aromatic rings. The van der Waals surface area contributed by atoms with Gasteiger partial charge in [0.05, 0.1) is 0 Å². The van der Waals surface area contributed by atoms with Gasteiger partial charge in [-0.1, -0.05) is 12.1 Å². The molecule has 0 fully saturated rings. The van der Waals surface area contributed by atoms with Gasteiger partial charge in [0.15, 0.2) is 0 Å². The van der Waals surface area contributed by atoms with E-state index in [2.05, 4.69) is 15.9 Å². The first kappa shape index (κ1) is 14.6. The van der Waals surface area contributed by atoms with Crippen LogP contribution in [0.3, 0.4) is 0 Å². The molecule has 1 aliphatic carbocycles. The first-order valence-electron chi connectivity index (χ1n) is 6.78. The topological polar surface area (TPSA) is 43.4 Å². The average Bonchev–Trinajstić information content (AvgIpc) is 2.85. The van der Waals surface area contributed by atoms with Gasteiger partial charge in [-0.15, -0.1) is 0 Å². The van der Waals surface area contributed by atoms with Crippen LogP contribution in [0.2, 0.25) is 0 Å². The fraction of sp³-hybridized carbons (Fsp3) is 0.250. The number of hydrogen-bond donors (Lipinski definition) is 0. The molecular weight excluding hydrogens is 352 g/mol. The molecule has 0 unspecified atom stereocenters. The van der Waals surface area contributed by atoms with Gasteiger partial charge in [-0.25, -0.2) is 0 Å². The zero-order chi connectivity index (χ0) is 15.0. The van der Waals surface area contributed by atoms with Gasteiger partial charge in [-0.3, -0.25) is 0 Å². The van der Waals surface area contributed by atoms with Crippen LogP contribution < -0.4 is 4.18 Å². The molecule has 0 heterocycles. The monoisotopic (exact) mass is 366 g/mol. The van der Waals surface area contributed by atoms with E-state index in [1.807, 2.05) is 19.1 Å². The zero-order valence-corrected chi connectivity index (χ0v) is 14.0. The minimum Gasteiger partial charge on any atom is -0.379 e. The lowest BCUT2D eigenvalue weighted by atomic mass is 10.1. The van der Waals surface area contributed by atoms with Crippen LogP contribution in [0.25, 0.3) is 0 Å². The van der Waals surface area contributed by atoms with Crippen LogP contribution >= 0.6 is 15.9 Å². The summed E-state index contributed by atoms with van der Waals surface area (Å²) in [7, 11) is -3.83. The lowest BCUT2D eigenvalue weighted by molar-refractivity contribution is 0.485. The maximum atomic E-state index is 12.4. The van der Waals surface area contributed by atoms with Gasteiger partial charge in [0.1, 0.15) is 10.6 Å². The summed E-state index contributed by atoms with van der Waals surface area (Å²) in [6, 6.07) is 10.6. The Hall–Kier alpha value is -1.33. The van der Waals surface area contributed by atoms with Crippen molar-refractivity contribution in [2.45, 2.75) is 31.1 Å². The second kappa shape index (κ2) is 5.46. The minimum absolute atomic E-state index is 0.147. The Morgan fingerprint density at radius 3 is 2.57 bits per heavy atom. The first-order chi connectivity index (χ1) is 9.95. The highest BCUT2D eigenvalue weighted by atomic mass is 79.9. The van der Waals surface area contributed by atoms with E-state index in [9.17, 15) is 8.42 Å². The van der Waals surface area contributed by atoms with Crippen molar-refractivity contribution in [2.75, 3.05) is 0 Å². The number of benzene rings is 2. The third kappa shape index (κ3) is 2.99. The molecule has 3 nitrogen and oxygen atoms in total. The van der Waals surface area contributed by atoms with Gasteiger partial charge in [-0.05, 0) is 83.1 Å². The molecular formula is C16H15BrO3S. The summed E-state index contributed by atoms with van der Waals surface area (Å²) in [6.07, 6.45) is 3.17. The molecule has 0 amide bonds. The zero-order valence-electron chi connectivity index (χ0n) is 11.6. The van der Waals surface area contributed by atoms with Crippen LogP contribution in [0.1, 0.15) is 23.1 Å². The largest absolute Gasteiger partial charge is 0.379 e. The summed E-state index contributed by atoms with van der Waals surface area (Å²) in [5.74, 6) is 0.378. The van der Waals surface area contributed by atoms with Crippen LogP contribution in [0.15, 0.2) is 45.8 Å². The molecule has 2 aromatic carbocycles. The molecule has 0 N–H and O–H groups in total. The lowest BCUT2D eigenvalue weighted by Gasteiger charge is -2.10. The molecule has 21 heavy (non-hydrogen) atoms. The highest BCUT2D eigenvalue weighted by Crippen LogP contribution is 2.30. The minimum atomic E-state index is -3.83. The van der Waals surface area contributed by atoms with Gasteiger partial charge < -0.3 is 4.18 Å². The van der Waals surface area contributed by atoms with Crippen molar-refractivity contribution in [3.05, 3.63) is 57.6 Å². The quantitative estimate of drug-likeness (QED) is 0.770.